The SMILES string of the molecule is CCC(=O)OC1C(OC2OC(CO)C(O)C(O)C2OSOOO)OC(CO)C(O)C1OC(=O)CC. The summed E-state index contributed by atoms with van der Waals surface area (Å²) < 4.78 is 36.4. The van der Waals surface area contributed by atoms with Gasteiger partial charge in [-0.05, 0) is 0 Å². The fraction of sp³-hybridized carbons (Fsp3) is 0.889. The highest BCUT2D eigenvalue weighted by Gasteiger charge is 2.54. The highest BCUT2D eigenvalue weighted by atomic mass is 32.2. The summed E-state index contributed by atoms with van der Waals surface area (Å²) in [5, 5.41) is 62.0. The number of esters is 2. The summed E-state index contributed by atoms with van der Waals surface area (Å²) in [6, 6.07) is 0. The predicted octanol–water partition coefficient (Wildman–Crippen LogP) is -2.47. The van der Waals surface area contributed by atoms with Crippen molar-refractivity contribution < 1.29 is 77.6 Å². The summed E-state index contributed by atoms with van der Waals surface area (Å²) in [5.41, 5.74) is 0. The fourth-order valence-corrected chi connectivity index (χ4v) is 3.71. The molecule has 2 heterocycles. The van der Waals surface area contributed by atoms with Crippen LogP contribution in [0.15, 0.2) is 0 Å². The van der Waals surface area contributed by atoms with Crippen LogP contribution in [0.1, 0.15) is 26.7 Å². The van der Waals surface area contributed by atoms with Gasteiger partial charge in [0, 0.05) is 12.8 Å². The lowest BCUT2D eigenvalue weighted by Gasteiger charge is -2.46. The van der Waals surface area contributed by atoms with Crippen molar-refractivity contribution in [2.75, 3.05) is 13.2 Å². The number of carbonyl (C=O) groups excluding carboxylic acids is 2. The van der Waals surface area contributed by atoms with Crippen molar-refractivity contribution in [1.82, 2.24) is 0 Å². The largest absolute Gasteiger partial charge is 0.455 e. The molecule has 0 aromatic carbocycles. The van der Waals surface area contributed by atoms with Crippen LogP contribution in [0.5, 0.6) is 0 Å². The topological polar surface area (TPSA) is 229 Å². The smallest absolute Gasteiger partial charge is 0.306 e. The number of hydrogen-bond acceptors (Lipinski definition) is 17. The van der Waals surface area contributed by atoms with Crippen LogP contribution in [-0.2, 0) is 46.8 Å². The third-order valence-electron chi connectivity index (χ3n) is 5.21. The van der Waals surface area contributed by atoms with Crippen LogP contribution in [0.4, 0.5) is 0 Å². The van der Waals surface area contributed by atoms with Crippen molar-refractivity contribution in [2.24, 2.45) is 0 Å². The highest BCUT2D eigenvalue weighted by molar-refractivity contribution is 7.89. The summed E-state index contributed by atoms with van der Waals surface area (Å²) in [7, 11) is 0. The minimum Gasteiger partial charge on any atom is -0.455 e. The molecule has 2 fully saturated rings. The van der Waals surface area contributed by atoms with E-state index in [9.17, 15) is 35.1 Å². The molecule has 10 atom stereocenters. The maximum atomic E-state index is 12.1. The summed E-state index contributed by atoms with van der Waals surface area (Å²) in [6.07, 6.45) is -15.9. The predicted molar refractivity (Wildman–Crippen MR) is 108 cm³/mol. The van der Waals surface area contributed by atoms with Gasteiger partial charge in [-0.1, -0.05) is 18.9 Å². The summed E-state index contributed by atoms with van der Waals surface area (Å²) in [4.78, 5) is 24.1. The Balaban J connectivity index is 2.36. The van der Waals surface area contributed by atoms with E-state index in [0.717, 1.165) is 0 Å². The van der Waals surface area contributed by atoms with E-state index in [0.29, 0.717) is 0 Å². The van der Waals surface area contributed by atoms with E-state index in [1.807, 2.05) is 0 Å². The lowest BCUT2D eigenvalue weighted by Crippen LogP contribution is -2.65. The van der Waals surface area contributed by atoms with E-state index in [4.69, 9.17) is 33.1 Å². The quantitative estimate of drug-likeness (QED) is 0.0501. The van der Waals surface area contributed by atoms with Gasteiger partial charge in [0.1, 0.15) is 30.5 Å². The molecule has 17 heteroatoms. The Hall–Kier alpha value is -1.19. The Morgan fingerprint density at radius 1 is 0.800 bits per heavy atom. The van der Waals surface area contributed by atoms with E-state index in [1.54, 1.807) is 0 Å². The molecular formula is C18H30O16S. The Morgan fingerprint density at radius 2 is 1.31 bits per heavy atom. The normalized spacial score (nSPS) is 37.6. The van der Waals surface area contributed by atoms with Gasteiger partial charge >= 0.3 is 11.9 Å². The third-order valence-corrected chi connectivity index (χ3v) is 5.63. The second kappa shape index (κ2) is 14.5. The standard InChI is InChI=1S/C18H30O16S/c1-3-9(21)29-14-12(24)8(6-20)28-18(16(14)30-10(22)4-2)31-17-15(32-35-34-33-26)13(25)11(23)7(5-19)27-17/h7-8,11-20,23-26H,3-6H2,1-2H3. The van der Waals surface area contributed by atoms with E-state index >= 15 is 0 Å². The van der Waals surface area contributed by atoms with Gasteiger partial charge < -0.3 is 49.2 Å². The molecule has 2 rings (SSSR count). The Kier molecular flexibility index (Phi) is 12.5. The van der Waals surface area contributed by atoms with E-state index in [2.05, 4.69) is 9.37 Å². The molecule has 2 saturated heterocycles. The Bertz CT molecular complexity index is 668. The van der Waals surface area contributed by atoms with Crippen LogP contribution in [0.2, 0.25) is 0 Å². The van der Waals surface area contributed by atoms with Crippen LogP contribution in [-0.4, -0.2) is 117 Å². The zero-order valence-corrected chi connectivity index (χ0v) is 19.6. The minimum atomic E-state index is -1.74. The molecule has 204 valence electrons. The van der Waals surface area contributed by atoms with Gasteiger partial charge in [0.15, 0.2) is 36.9 Å². The molecule has 0 saturated carbocycles. The first kappa shape index (κ1) is 30.0. The maximum absolute atomic E-state index is 12.1. The molecule has 0 aromatic heterocycles. The lowest BCUT2D eigenvalue weighted by atomic mass is 9.97. The average molecular weight is 534 g/mol. The lowest BCUT2D eigenvalue weighted by molar-refractivity contribution is -0.435. The Morgan fingerprint density at radius 3 is 1.83 bits per heavy atom. The monoisotopic (exact) mass is 534 g/mol. The molecule has 0 aliphatic carbocycles. The fourth-order valence-electron chi connectivity index (χ4n) is 3.36. The van der Waals surface area contributed by atoms with Gasteiger partial charge in [-0.25, -0.2) is 5.26 Å². The molecular weight excluding hydrogens is 504 g/mol. The second-order valence-electron chi connectivity index (χ2n) is 7.45. The maximum Gasteiger partial charge on any atom is 0.306 e. The molecule has 0 radical (unpaired) electrons. The molecule has 2 aliphatic heterocycles. The highest BCUT2D eigenvalue weighted by Crippen LogP contribution is 2.33. The number of carbonyl (C=O) groups is 2. The van der Waals surface area contributed by atoms with E-state index < -0.39 is 86.6 Å². The first-order valence-corrected chi connectivity index (χ1v) is 11.3. The van der Waals surface area contributed by atoms with Crippen molar-refractivity contribution in [3.8, 4) is 0 Å². The number of ether oxygens (including phenoxy) is 5. The number of aliphatic hydroxyl groups excluding tert-OH is 5. The van der Waals surface area contributed by atoms with Crippen LogP contribution in [0, 0.1) is 0 Å². The minimum absolute atomic E-state index is 0.0313. The van der Waals surface area contributed by atoms with E-state index in [1.165, 1.54) is 13.8 Å². The Labute approximate surface area is 203 Å². The molecule has 0 spiro atoms. The number of hydrogen-bond donors (Lipinski definition) is 6. The van der Waals surface area contributed by atoms with Crippen molar-refractivity contribution >= 4 is 24.3 Å². The van der Waals surface area contributed by atoms with Crippen molar-refractivity contribution in [2.45, 2.75) is 88.1 Å². The molecule has 16 nitrogen and oxygen atoms in total. The van der Waals surface area contributed by atoms with Crippen LogP contribution < -0.4 is 0 Å². The average Bonchev–Trinajstić information content (AvgIpc) is 2.86. The third kappa shape index (κ3) is 7.65. The van der Waals surface area contributed by atoms with E-state index in [-0.39, 0.29) is 25.2 Å². The van der Waals surface area contributed by atoms with Gasteiger partial charge in [-0.2, -0.15) is 0 Å². The zero-order chi connectivity index (χ0) is 26.1. The van der Waals surface area contributed by atoms with Gasteiger partial charge in [-0.15, -0.1) is 4.33 Å². The zero-order valence-electron chi connectivity index (χ0n) is 18.8. The summed E-state index contributed by atoms with van der Waals surface area (Å²) >= 11 is 0.0313. The first-order valence-electron chi connectivity index (χ1n) is 10.6. The molecule has 2 aliphatic rings. The molecule has 6 N–H and O–H groups in total. The summed E-state index contributed by atoms with van der Waals surface area (Å²) in [5.74, 6) is -1.53. The number of aliphatic hydroxyl groups is 5. The van der Waals surface area contributed by atoms with Gasteiger partial charge in [0.05, 0.1) is 13.2 Å². The van der Waals surface area contributed by atoms with Gasteiger partial charge in [-0.3, -0.25) is 13.8 Å². The van der Waals surface area contributed by atoms with Crippen molar-refractivity contribution in [1.29, 1.82) is 0 Å². The van der Waals surface area contributed by atoms with Crippen LogP contribution >= 0.6 is 12.3 Å². The molecule has 35 heavy (non-hydrogen) atoms. The van der Waals surface area contributed by atoms with Crippen LogP contribution in [0.3, 0.4) is 0 Å². The molecule has 0 amide bonds. The summed E-state index contributed by atoms with van der Waals surface area (Å²) in [6.45, 7) is 1.48. The first-order chi connectivity index (χ1) is 16.7. The number of rotatable bonds is 12. The van der Waals surface area contributed by atoms with Gasteiger partial charge in [0.2, 0.25) is 6.29 Å². The second-order valence-corrected chi connectivity index (χ2v) is 7.91. The van der Waals surface area contributed by atoms with Crippen LogP contribution in [0.25, 0.3) is 0 Å². The molecule has 0 bridgehead atoms. The van der Waals surface area contributed by atoms with Crippen molar-refractivity contribution in [3.63, 3.8) is 0 Å². The van der Waals surface area contributed by atoms with Crippen molar-refractivity contribution in [3.05, 3.63) is 0 Å². The molecule has 0 aromatic rings. The molecule has 10 unspecified atom stereocenters. The van der Waals surface area contributed by atoms with Gasteiger partial charge in [0.25, 0.3) is 0 Å².